The summed E-state index contributed by atoms with van der Waals surface area (Å²) < 4.78 is 9.17. The average Bonchev–Trinajstić information content (AvgIpc) is 3.84. The number of para-hydroxylation sites is 1. The SMILES string of the molecule is CC(C)(C)c1ccc(Nc2cc3c(cc2-c2ccc4c5cc6oc7ccccc7c6cc5n5c4c2Bc2cc4c(cc2-5)-c2ccccc2C4(C)C)C(C)(C)CCC3(C)C)cc1. The van der Waals surface area contributed by atoms with Crippen LogP contribution in [0.3, 0.4) is 0 Å². The van der Waals surface area contributed by atoms with Crippen LogP contribution in [-0.4, -0.2) is 11.8 Å². The summed E-state index contributed by atoms with van der Waals surface area (Å²) in [7, 11) is 0.850. The average molecular weight is 793 g/mol. The van der Waals surface area contributed by atoms with Gasteiger partial charge >= 0.3 is 0 Å². The number of nitrogens with one attached hydrogen (secondary N) is 1. The van der Waals surface area contributed by atoms with E-state index < -0.39 is 0 Å². The Labute approximate surface area is 360 Å². The first-order valence-corrected chi connectivity index (χ1v) is 22.3. The molecule has 3 heterocycles. The molecule has 2 aromatic heterocycles. The molecule has 0 spiro atoms. The Morgan fingerprint density at radius 2 is 1.30 bits per heavy atom. The zero-order chi connectivity index (χ0) is 42.0. The first-order chi connectivity index (χ1) is 29.1. The summed E-state index contributed by atoms with van der Waals surface area (Å²) in [6, 6.07) is 46.3. The van der Waals surface area contributed by atoms with Crippen molar-refractivity contribution in [2.45, 2.75) is 96.8 Å². The van der Waals surface area contributed by atoms with Gasteiger partial charge in [-0.15, -0.1) is 0 Å². The molecule has 0 saturated heterocycles. The van der Waals surface area contributed by atoms with Gasteiger partial charge in [-0.2, -0.15) is 0 Å². The number of aromatic nitrogens is 1. The Hall–Kier alpha value is -6.00. The smallest absolute Gasteiger partial charge is 0.198 e. The van der Waals surface area contributed by atoms with Crippen molar-refractivity contribution in [3.8, 4) is 27.9 Å². The van der Waals surface area contributed by atoms with Crippen LogP contribution in [0.5, 0.6) is 0 Å². The molecule has 4 heteroatoms. The summed E-state index contributed by atoms with van der Waals surface area (Å²) in [5, 5.41) is 8.83. The molecule has 2 aliphatic carbocycles. The molecule has 1 aliphatic heterocycles. The standard InChI is InChI=1S/C57H53BN2O/c1-54(2,3)32-18-20-33(21-19-32)59-47-31-45-44(55(4,5)24-25-56(45,6)7)26-39(47)36-22-23-37-40-29-51-41(35-15-11-13-17-50(35)61-51)28-48(40)60-49-27-38-34-14-10-12-16-42(34)57(8,9)43(38)30-46(49)58-52(36)53(37)60/h10-23,26-31,58-59H,24-25H2,1-9H3. The summed E-state index contributed by atoms with van der Waals surface area (Å²) in [6.45, 7) is 21.4. The van der Waals surface area contributed by atoms with Gasteiger partial charge in [-0.05, 0) is 128 Å². The highest BCUT2D eigenvalue weighted by Gasteiger charge is 2.40. The van der Waals surface area contributed by atoms with E-state index in [0.717, 1.165) is 34.9 Å². The van der Waals surface area contributed by atoms with Gasteiger partial charge in [0.15, 0.2) is 7.28 Å². The van der Waals surface area contributed by atoms with Gasteiger partial charge in [0.1, 0.15) is 11.2 Å². The second-order valence-electron chi connectivity index (χ2n) is 21.3. The van der Waals surface area contributed by atoms with Gasteiger partial charge in [0, 0.05) is 55.1 Å². The number of nitrogens with zero attached hydrogens (tertiary/aromatic N) is 1. The van der Waals surface area contributed by atoms with E-state index in [-0.39, 0.29) is 21.7 Å². The fraction of sp³-hybridized carbons (Fsp3) is 0.263. The Kier molecular flexibility index (Phi) is 7.30. The molecule has 9 aromatic rings. The summed E-state index contributed by atoms with van der Waals surface area (Å²) in [5.41, 5.74) is 23.3. The zero-order valence-electron chi connectivity index (χ0n) is 37.0. The van der Waals surface area contributed by atoms with Crippen LogP contribution in [0.2, 0.25) is 0 Å². The van der Waals surface area contributed by atoms with E-state index in [4.69, 9.17) is 4.42 Å². The highest BCUT2D eigenvalue weighted by molar-refractivity contribution is 6.73. The Balaban J connectivity index is 1.16. The van der Waals surface area contributed by atoms with Gasteiger partial charge in [-0.3, -0.25) is 0 Å². The van der Waals surface area contributed by atoms with Crippen LogP contribution in [-0.2, 0) is 21.7 Å². The molecule has 3 nitrogen and oxygen atoms in total. The van der Waals surface area contributed by atoms with E-state index in [1.165, 1.54) is 107 Å². The van der Waals surface area contributed by atoms with Crippen LogP contribution in [0.25, 0.3) is 71.7 Å². The number of rotatable bonds is 3. The number of anilines is 2. The number of furan rings is 1. The summed E-state index contributed by atoms with van der Waals surface area (Å²) in [5.74, 6) is 0. The molecule has 7 aromatic carbocycles. The van der Waals surface area contributed by atoms with Crippen LogP contribution in [0.15, 0.2) is 126 Å². The highest BCUT2D eigenvalue weighted by Crippen LogP contribution is 2.52. The molecule has 0 amide bonds. The third-order valence-corrected chi connectivity index (χ3v) is 15.2. The van der Waals surface area contributed by atoms with Crippen molar-refractivity contribution in [3.05, 3.63) is 149 Å². The Bertz CT molecular complexity index is 3360. The second kappa shape index (κ2) is 12.1. The van der Waals surface area contributed by atoms with Crippen LogP contribution in [0.4, 0.5) is 11.4 Å². The van der Waals surface area contributed by atoms with Crippen molar-refractivity contribution in [3.63, 3.8) is 0 Å². The van der Waals surface area contributed by atoms with Gasteiger partial charge in [0.2, 0.25) is 0 Å². The minimum Gasteiger partial charge on any atom is -0.456 e. The lowest BCUT2D eigenvalue weighted by Gasteiger charge is -2.42. The lowest BCUT2D eigenvalue weighted by Crippen LogP contribution is -2.38. The second-order valence-corrected chi connectivity index (χ2v) is 21.3. The van der Waals surface area contributed by atoms with Gasteiger partial charge in [0.25, 0.3) is 0 Å². The van der Waals surface area contributed by atoms with Crippen molar-refractivity contribution in [2.24, 2.45) is 0 Å². The zero-order valence-corrected chi connectivity index (χ0v) is 37.0. The quantitative estimate of drug-likeness (QED) is 0.181. The molecule has 0 saturated carbocycles. The number of hydrogen-bond donors (Lipinski definition) is 1. The molecule has 12 rings (SSSR count). The molecule has 61 heavy (non-hydrogen) atoms. The Morgan fingerprint density at radius 1 is 0.574 bits per heavy atom. The lowest BCUT2D eigenvalue weighted by atomic mass is 9.57. The van der Waals surface area contributed by atoms with E-state index in [1.54, 1.807) is 0 Å². The number of fused-ring (bicyclic) bond motifs is 12. The van der Waals surface area contributed by atoms with Gasteiger partial charge in [0.05, 0.1) is 5.52 Å². The van der Waals surface area contributed by atoms with E-state index >= 15 is 0 Å². The van der Waals surface area contributed by atoms with Crippen molar-refractivity contribution < 1.29 is 4.42 Å². The van der Waals surface area contributed by atoms with Gasteiger partial charge in [-0.25, -0.2) is 0 Å². The molecule has 0 unspecified atom stereocenters. The molecule has 0 atom stereocenters. The fourth-order valence-electron chi connectivity index (χ4n) is 11.5. The van der Waals surface area contributed by atoms with Crippen LogP contribution in [0, 0.1) is 0 Å². The van der Waals surface area contributed by atoms with E-state index in [9.17, 15) is 0 Å². The monoisotopic (exact) mass is 792 g/mol. The highest BCUT2D eigenvalue weighted by atomic mass is 16.3. The number of hydrogen-bond acceptors (Lipinski definition) is 2. The summed E-state index contributed by atoms with van der Waals surface area (Å²) in [6.07, 6.45) is 2.34. The van der Waals surface area contributed by atoms with Crippen molar-refractivity contribution in [1.29, 1.82) is 0 Å². The maximum absolute atomic E-state index is 6.55. The maximum atomic E-state index is 6.55. The summed E-state index contributed by atoms with van der Waals surface area (Å²) >= 11 is 0. The van der Waals surface area contributed by atoms with Gasteiger partial charge in [-0.1, -0.05) is 141 Å². The van der Waals surface area contributed by atoms with E-state index in [2.05, 4.69) is 194 Å². The molecule has 0 bridgehead atoms. The van der Waals surface area contributed by atoms with Crippen LogP contribution in [0.1, 0.15) is 103 Å². The van der Waals surface area contributed by atoms with Crippen molar-refractivity contribution >= 4 is 73.3 Å². The minimum absolute atomic E-state index is 0.0628. The predicted molar refractivity (Wildman–Crippen MR) is 261 cm³/mol. The summed E-state index contributed by atoms with van der Waals surface area (Å²) in [4.78, 5) is 0. The third-order valence-electron chi connectivity index (χ3n) is 15.2. The van der Waals surface area contributed by atoms with Crippen molar-refractivity contribution in [1.82, 2.24) is 4.57 Å². The minimum atomic E-state index is -0.0901. The van der Waals surface area contributed by atoms with Crippen LogP contribution >= 0.6 is 0 Å². The predicted octanol–water partition coefficient (Wildman–Crippen LogP) is 13.7. The largest absolute Gasteiger partial charge is 0.456 e. The lowest BCUT2D eigenvalue weighted by molar-refractivity contribution is 0.332. The Morgan fingerprint density at radius 3 is 2.07 bits per heavy atom. The molecule has 0 fully saturated rings. The third kappa shape index (κ3) is 5.17. The van der Waals surface area contributed by atoms with Gasteiger partial charge < -0.3 is 14.3 Å². The molecule has 0 radical (unpaired) electrons. The molecule has 1 N–H and O–H groups in total. The van der Waals surface area contributed by atoms with E-state index in [1.807, 2.05) is 0 Å². The molecular formula is C57H53BN2O. The first kappa shape index (κ1) is 36.8. The maximum Gasteiger partial charge on any atom is 0.198 e. The van der Waals surface area contributed by atoms with E-state index in [0.29, 0.717) is 0 Å². The molecule has 3 aliphatic rings. The molecular weight excluding hydrogens is 739 g/mol. The topological polar surface area (TPSA) is 30.1 Å². The molecule has 300 valence electrons. The van der Waals surface area contributed by atoms with Crippen molar-refractivity contribution in [2.75, 3.05) is 5.32 Å². The fourth-order valence-corrected chi connectivity index (χ4v) is 11.5. The normalized spacial score (nSPS) is 16.7. The van der Waals surface area contributed by atoms with Crippen LogP contribution < -0.4 is 16.2 Å². The number of benzene rings is 7. The first-order valence-electron chi connectivity index (χ1n) is 22.3.